The number of aromatic carboxylic acids is 1. The number of para-hydroxylation sites is 1. The lowest BCUT2D eigenvalue weighted by atomic mass is 10.1. The van der Waals surface area contributed by atoms with Crippen LogP contribution in [0.2, 0.25) is 0 Å². The topological polar surface area (TPSA) is 64.4 Å². The summed E-state index contributed by atoms with van der Waals surface area (Å²) in [6, 6.07) is 12.9. The molecule has 5 heteroatoms. The molecule has 106 valence electrons. The minimum absolute atomic E-state index is 0.223. The molecule has 5 nitrogen and oxygen atoms in total. The third-order valence-corrected chi connectivity index (χ3v) is 3.39. The highest BCUT2D eigenvalue weighted by Crippen LogP contribution is 2.19. The summed E-state index contributed by atoms with van der Waals surface area (Å²) in [5, 5.41) is 9.18. The average Bonchev–Trinajstić information content (AvgIpc) is 2.91. The molecule has 0 fully saturated rings. The minimum atomic E-state index is -0.963. The van der Waals surface area contributed by atoms with E-state index in [-0.39, 0.29) is 5.56 Å². The second-order valence-electron chi connectivity index (χ2n) is 4.70. The normalized spacial score (nSPS) is 10.7. The zero-order chi connectivity index (χ0) is 14.8. The van der Waals surface area contributed by atoms with Crippen molar-refractivity contribution in [3.63, 3.8) is 0 Å². The fraction of sp³-hybridized carbons (Fsp3) is 0.125. The van der Waals surface area contributed by atoms with Crippen LogP contribution in [0.5, 0.6) is 5.75 Å². The largest absolute Gasteiger partial charge is 0.497 e. The summed E-state index contributed by atoms with van der Waals surface area (Å²) in [6.07, 6.45) is 1.67. The van der Waals surface area contributed by atoms with E-state index in [1.54, 1.807) is 25.6 Å². The maximum absolute atomic E-state index is 11.2. The van der Waals surface area contributed by atoms with E-state index in [4.69, 9.17) is 4.74 Å². The molecule has 0 radical (unpaired) electrons. The lowest BCUT2D eigenvalue weighted by Crippen LogP contribution is -2.00. The molecule has 21 heavy (non-hydrogen) atoms. The lowest BCUT2D eigenvalue weighted by molar-refractivity contribution is 0.0699. The number of fused-ring (bicyclic) bond motifs is 1. The van der Waals surface area contributed by atoms with Gasteiger partial charge in [0, 0.05) is 6.54 Å². The van der Waals surface area contributed by atoms with Gasteiger partial charge in [-0.25, -0.2) is 9.78 Å². The number of hydrogen-bond donors (Lipinski definition) is 1. The van der Waals surface area contributed by atoms with Crippen molar-refractivity contribution >= 4 is 17.0 Å². The maximum Gasteiger partial charge on any atom is 0.337 e. The lowest BCUT2D eigenvalue weighted by Gasteiger charge is -2.06. The molecule has 0 bridgehead atoms. The number of imidazole rings is 1. The molecule has 0 aliphatic carbocycles. The first-order valence-corrected chi connectivity index (χ1v) is 6.49. The SMILES string of the molecule is COc1ccc(Cn2cnc3c(C(=O)O)cccc32)cc1. The van der Waals surface area contributed by atoms with Crippen LogP contribution in [-0.4, -0.2) is 27.7 Å². The number of benzene rings is 2. The van der Waals surface area contributed by atoms with Gasteiger partial charge >= 0.3 is 5.97 Å². The molecule has 0 atom stereocenters. The molecule has 1 aromatic heterocycles. The monoisotopic (exact) mass is 282 g/mol. The van der Waals surface area contributed by atoms with Crippen molar-refractivity contribution in [1.82, 2.24) is 9.55 Å². The van der Waals surface area contributed by atoms with Gasteiger partial charge in [-0.2, -0.15) is 0 Å². The van der Waals surface area contributed by atoms with E-state index in [1.165, 1.54) is 0 Å². The number of ether oxygens (including phenoxy) is 1. The Morgan fingerprint density at radius 2 is 2.00 bits per heavy atom. The predicted molar refractivity (Wildman–Crippen MR) is 78.8 cm³/mol. The van der Waals surface area contributed by atoms with Gasteiger partial charge < -0.3 is 14.4 Å². The summed E-state index contributed by atoms with van der Waals surface area (Å²) >= 11 is 0. The zero-order valence-electron chi connectivity index (χ0n) is 11.5. The Labute approximate surface area is 121 Å². The molecule has 0 saturated heterocycles. The van der Waals surface area contributed by atoms with Crippen molar-refractivity contribution < 1.29 is 14.6 Å². The van der Waals surface area contributed by atoms with Crippen molar-refractivity contribution in [3.05, 3.63) is 59.9 Å². The standard InChI is InChI=1S/C16H14N2O3/c1-21-12-7-5-11(6-8-12)9-18-10-17-15-13(16(19)20)3-2-4-14(15)18/h2-8,10H,9H2,1H3,(H,19,20). The molecule has 0 spiro atoms. The van der Waals surface area contributed by atoms with E-state index in [9.17, 15) is 9.90 Å². The summed E-state index contributed by atoms with van der Waals surface area (Å²) in [4.78, 5) is 15.4. The maximum atomic E-state index is 11.2. The van der Waals surface area contributed by atoms with Gasteiger partial charge in [0.05, 0.1) is 24.5 Å². The average molecular weight is 282 g/mol. The van der Waals surface area contributed by atoms with Crippen LogP contribution in [-0.2, 0) is 6.54 Å². The Kier molecular flexibility index (Phi) is 3.31. The van der Waals surface area contributed by atoms with Crippen molar-refractivity contribution in [1.29, 1.82) is 0 Å². The van der Waals surface area contributed by atoms with E-state index >= 15 is 0 Å². The number of aromatic nitrogens is 2. The minimum Gasteiger partial charge on any atom is -0.497 e. The van der Waals surface area contributed by atoms with Gasteiger partial charge in [0.2, 0.25) is 0 Å². The van der Waals surface area contributed by atoms with Crippen molar-refractivity contribution in [2.75, 3.05) is 7.11 Å². The van der Waals surface area contributed by atoms with Gasteiger partial charge in [-0.15, -0.1) is 0 Å². The summed E-state index contributed by atoms with van der Waals surface area (Å²) in [7, 11) is 1.63. The number of carbonyl (C=O) groups is 1. The van der Waals surface area contributed by atoms with Crippen molar-refractivity contribution in [2.45, 2.75) is 6.54 Å². The highest BCUT2D eigenvalue weighted by Gasteiger charge is 2.12. The summed E-state index contributed by atoms with van der Waals surface area (Å²) in [6.45, 7) is 0.629. The fourth-order valence-electron chi connectivity index (χ4n) is 2.31. The van der Waals surface area contributed by atoms with Crippen LogP contribution in [0.4, 0.5) is 0 Å². The predicted octanol–water partition coefficient (Wildman–Crippen LogP) is 2.79. The van der Waals surface area contributed by atoms with Gasteiger partial charge in [0.1, 0.15) is 11.3 Å². The Balaban J connectivity index is 1.97. The Morgan fingerprint density at radius 3 is 2.67 bits per heavy atom. The second-order valence-corrected chi connectivity index (χ2v) is 4.70. The third kappa shape index (κ3) is 2.45. The number of rotatable bonds is 4. The van der Waals surface area contributed by atoms with E-state index in [2.05, 4.69) is 4.98 Å². The quantitative estimate of drug-likeness (QED) is 0.799. The first-order valence-electron chi connectivity index (χ1n) is 6.49. The van der Waals surface area contributed by atoms with E-state index in [0.717, 1.165) is 16.8 Å². The first-order chi connectivity index (χ1) is 10.2. The number of hydrogen-bond acceptors (Lipinski definition) is 3. The molecular formula is C16H14N2O3. The number of carboxylic acid groups (broad SMARTS) is 1. The summed E-state index contributed by atoms with van der Waals surface area (Å²) in [5.41, 5.74) is 2.64. The molecule has 0 saturated carbocycles. The molecule has 3 aromatic rings. The van der Waals surface area contributed by atoms with Gasteiger partial charge in [-0.05, 0) is 29.8 Å². The Bertz CT molecular complexity index is 791. The molecule has 1 heterocycles. The van der Waals surface area contributed by atoms with Gasteiger partial charge in [0.25, 0.3) is 0 Å². The molecule has 1 N–H and O–H groups in total. The van der Waals surface area contributed by atoms with Crippen molar-refractivity contribution in [3.8, 4) is 5.75 Å². The molecule has 0 amide bonds. The summed E-state index contributed by atoms with van der Waals surface area (Å²) < 4.78 is 7.07. The number of nitrogens with zero attached hydrogens (tertiary/aromatic N) is 2. The third-order valence-electron chi connectivity index (χ3n) is 3.39. The van der Waals surface area contributed by atoms with Crippen LogP contribution in [0.25, 0.3) is 11.0 Å². The van der Waals surface area contributed by atoms with Crippen LogP contribution >= 0.6 is 0 Å². The number of carboxylic acids is 1. The first kappa shape index (κ1) is 13.2. The zero-order valence-corrected chi connectivity index (χ0v) is 11.5. The van der Waals surface area contributed by atoms with Crippen LogP contribution in [0.1, 0.15) is 15.9 Å². The molecule has 2 aromatic carbocycles. The summed E-state index contributed by atoms with van der Waals surface area (Å²) in [5.74, 6) is -0.155. The smallest absolute Gasteiger partial charge is 0.337 e. The molecule has 0 aliphatic heterocycles. The Hall–Kier alpha value is -2.82. The molecular weight excluding hydrogens is 268 g/mol. The van der Waals surface area contributed by atoms with E-state index in [1.807, 2.05) is 34.9 Å². The molecule has 3 rings (SSSR count). The molecule has 0 unspecified atom stereocenters. The van der Waals surface area contributed by atoms with Crippen LogP contribution in [0, 0.1) is 0 Å². The van der Waals surface area contributed by atoms with Gasteiger partial charge in [-0.1, -0.05) is 18.2 Å². The highest BCUT2D eigenvalue weighted by molar-refractivity contribution is 6.00. The molecule has 0 aliphatic rings. The van der Waals surface area contributed by atoms with Crippen molar-refractivity contribution in [2.24, 2.45) is 0 Å². The number of methoxy groups -OCH3 is 1. The Morgan fingerprint density at radius 1 is 1.24 bits per heavy atom. The van der Waals surface area contributed by atoms with Crippen LogP contribution in [0.15, 0.2) is 48.8 Å². The van der Waals surface area contributed by atoms with E-state index < -0.39 is 5.97 Å². The van der Waals surface area contributed by atoms with Crippen LogP contribution < -0.4 is 4.74 Å². The van der Waals surface area contributed by atoms with Gasteiger partial charge in [-0.3, -0.25) is 0 Å². The fourth-order valence-corrected chi connectivity index (χ4v) is 2.31. The highest BCUT2D eigenvalue weighted by atomic mass is 16.5. The van der Waals surface area contributed by atoms with E-state index in [0.29, 0.717) is 12.1 Å². The second kappa shape index (κ2) is 5.28. The van der Waals surface area contributed by atoms with Gasteiger partial charge in [0.15, 0.2) is 0 Å². The van der Waals surface area contributed by atoms with Crippen LogP contribution in [0.3, 0.4) is 0 Å².